The van der Waals surface area contributed by atoms with Crippen molar-refractivity contribution in [2.45, 2.75) is 12.8 Å². The number of hydrogen-bond donors (Lipinski definition) is 2. The second-order valence-corrected chi connectivity index (χ2v) is 7.32. The first-order chi connectivity index (χ1) is 12.6. The van der Waals surface area contributed by atoms with Gasteiger partial charge in [-0.3, -0.25) is 9.59 Å². The second kappa shape index (κ2) is 6.76. The van der Waals surface area contributed by atoms with Crippen LogP contribution in [0.1, 0.15) is 23.2 Å². The smallest absolute Gasteiger partial charge is 0.271 e. The van der Waals surface area contributed by atoms with Gasteiger partial charge >= 0.3 is 0 Å². The summed E-state index contributed by atoms with van der Waals surface area (Å²) in [5.41, 5.74) is 4.74. The maximum Gasteiger partial charge on any atom is 0.271 e. The van der Waals surface area contributed by atoms with Gasteiger partial charge in [-0.05, 0) is 43.2 Å². The molecule has 2 aromatic carbocycles. The first-order valence-corrected chi connectivity index (χ1v) is 9.23. The van der Waals surface area contributed by atoms with Crippen molar-refractivity contribution in [3.63, 3.8) is 0 Å². The molecule has 1 aliphatic rings. The lowest BCUT2D eigenvalue weighted by Gasteiger charge is -2.06. The molecule has 6 nitrogen and oxygen atoms in total. The summed E-state index contributed by atoms with van der Waals surface area (Å²) in [5, 5.41) is 7.09. The number of nitrogens with zero attached hydrogens (tertiary/aromatic N) is 2. The van der Waals surface area contributed by atoms with Crippen molar-refractivity contribution in [3.8, 4) is 0 Å². The molecule has 0 radical (unpaired) electrons. The van der Waals surface area contributed by atoms with E-state index in [1.165, 1.54) is 11.3 Å². The van der Waals surface area contributed by atoms with Gasteiger partial charge in [-0.25, -0.2) is 5.43 Å². The van der Waals surface area contributed by atoms with E-state index in [1.807, 2.05) is 35.9 Å². The Kier molecular flexibility index (Phi) is 4.30. The minimum Gasteiger partial charge on any atom is -0.326 e. The fourth-order valence-electron chi connectivity index (χ4n) is 2.68. The third kappa shape index (κ3) is 3.39. The van der Waals surface area contributed by atoms with E-state index < -0.39 is 0 Å². The Bertz CT molecular complexity index is 1060. The van der Waals surface area contributed by atoms with Gasteiger partial charge in [-0.2, -0.15) is 0 Å². The van der Waals surface area contributed by atoms with Gasteiger partial charge in [-0.1, -0.05) is 29.5 Å². The van der Waals surface area contributed by atoms with Crippen molar-refractivity contribution in [1.82, 2.24) is 9.99 Å². The molecule has 0 unspecified atom stereocenters. The van der Waals surface area contributed by atoms with Crippen LogP contribution >= 0.6 is 11.3 Å². The number of fused-ring (bicyclic) bond motifs is 1. The van der Waals surface area contributed by atoms with Crippen molar-refractivity contribution >= 4 is 39.1 Å². The third-order valence-corrected chi connectivity index (χ3v) is 5.42. The molecule has 4 rings (SSSR count). The number of carbonyl (C=O) groups is 2. The van der Waals surface area contributed by atoms with Crippen LogP contribution in [0, 0.1) is 5.92 Å². The Morgan fingerprint density at radius 2 is 1.96 bits per heavy atom. The number of aromatic nitrogens is 1. The Morgan fingerprint density at radius 1 is 1.15 bits per heavy atom. The van der Waals surface area contributed by atoms with Gasteiger partial charge in [0, 0.05) is 24.2 Å². The van der Waals surface area contributed by atoms with Gasteiger partial charge in [0.25, 0.3) is 5.91 Å². The van der Waals surface area contributed by atoms with E-state index >= 15 is 0 Å². The minimum absolute atomic E-state index is 0.0181. The number of amides is 2. The molecule has 2 N–H and O–H groups in total. The van der Waals surface area contributed by atoms with Crippen molar-refractivity contribution in [3.05, 3.63) is 58.9 Å². The highest BCUT2D eigenvalue weighted by Crippen LogP contribution is 2.30. The van der Waals surface area contributed by atoms with Crippen molar-refractivity contribution in [2.75, 3.05) is 5.32 Å². The molecular weight excluding hydrogens is 348 g/mol. The largest absolute Gasteiger partial charge is 0.326 e. The fraction of sp³-hybridized carbons (Fsp3) is 0.211. The highest BCUT2D eigenvalue weighted by molar-refractivity contribution is 7.16. The molecule has 1 fully saturated rings. The van der Waals surface area contributed by atoms with Gasteiger partial charge in [-0.15, -0.1) is 5.10 Å². The molecule has 3 aromatic rings. The van der Waals surface area contributed by atoms with Crippen LogP contribution in [0.3, 0.4) is 0 Å². The molecule has 0 bridgehead atoms. The molecule has 0 spiro atoms. The zero-order valence-corrected chi connectivity index (χ0v) is 15.0. The highest BCUT2D eigenvalue weighted by Gasteiger charge is 2.29. The van der Waals surface area contributed by atoms with Crippen LogP contribution in [0.15, 0.2) is 53.6 Å². The summed E-state index contributed by atoms with van der Waals surface area (Å²) in [5.74, 6) is -0.176. The van der Waals surface area contributed by atoms with E-state index in [9.17, 15) is 9.59 Å². The highest BCUT2D eigenvalue weighted by atomic mass is 32.1. The molecule has 0 atom stereocenters. The third-order valence-electron chi connectivity index (χ3n) is 4.31. The van der Waals surface area contributed by atoms with Gasteiger partial charge in [0.05, 0.1) is 10.2 Å². The number of aryl methyl sites for hydroxylation is 1. The van der Waals surface area contributed by atoms with Gasteiger partial charge in [0.1, 0.15) is 0 Å². The molecule has 0 saturated heterocycles. The number of para-hydroxylation sites is 1. The van der Waals surface area contributed by atoms with Gasteiger partial charge < -0.3 is 9.88 Å². The van der Waals surface area contributed by atoms with E-state index in [1.54, 1.807) is 24.3 Å². The summed E-state index contributed by atoms with van der Waals surface area (Å²) < 4.78 is 3.04. The van der Waals surface area contributed by atoms with Crippen molar-refractivity contribution in [2.24, 2.45) is 18.1 Å². The van der Waals surface area contributed by atoms with Crippen molar-refractivity contribution < 1.29 is 9.59 Å². The first kappa shape index (κ1) is 16.5. The Labute approximate surface area is 154 Å². The van der Waals surface area contributed by atoms with E-state index in [0.717, 1.165) is 23.1 Å². The molecule has 1 saturated carbocycles. The molecular formula is C19H18N4O2S. The standard InChI is InChI=1S/C19H18N4O2S/c1-23-15-7-2-3-8-16(15)26-19(23)22-21-18(25)13-5-4-6-14(11-13)20-17(24)12-9-10-12/h2-8,11-12H,9-10H2,1H3,(H,20,24)(H,21,25)/b22-19-. The van der Waals surface area contributed by atoms with E-state index in [2.05, 4.69) is 15.8 Å². The molecule has 0 aliphatic heterocycles. The predicted molar refractivity (Wildman–Crippen MR) is 102 cm³/mol. The average molecular weight is 366 g/mol. The molecule has 2 amide bonds. The van der Waals surface area contributed by atoms with Gasteiger partial charge in [0.2, 0.25) is 10.7 Å². The van der Waals surface area contributed by atoms with Crippen LogP contribution in [0.4, 0.5) is 5.69 Å². The lowest BCUT2D eigenvalue weighted by atomic mass is 10.2. The molecule has 7 heteroatoms. The first-order valence-electron chi connectivity index (χ1n) is 8.41. The topological polar surface area (TPSA) is 75.5 Å². The van der Waals surface area contributed by atoms with Crippen LogP contribution in [-0.4, -0.2) is 16.4 Å². The number of rotatable bonds is 4. The Morgan fingerprint density at radius 3 is 2.73 bits per heavy atom. The molecule has 1 aromatic heterocycles. The normalized spacial score (nSPS) is 14.4. The number of nitrogens with one attached hydrogen (secondary N) is 2. The quantitative estimate of drug-likeness (QED) is 0.697. The van der Waals surface area contributed by atoms with Crippen LogP contribution in [0.5, 0.6) is 0 Å². The number of hydrogen-bond acceptors (Lipinski definition) is 4. The maximum absolute atomic E-state index is 12.4. The van der Waals surface area contributed by atoms with Crippen LogP contribution in [0.2, 0.25) is 0 Å². The minimum atomic E-state index is -0.315. The Hall–Kier alpha value is -2.93. The molecule has 1 aliphatic carbocycles. The van der Waals surface area contributed by atoms with E-state index in [4.69, 9.17) is 0 Å². The second-order valence-electron chi connectivity index (χ2n) is 6.31. The number of anilines is 1. The zero-order valence-electron chi connectivity index (χ0n) is 14.2. The summed E-state index contributed by atoms with van der Waals surface area (Å²) in [4.78, 5) is 25.0. The summed E-state index contributed by atoms with van der Waals surface area (Å²) in [7, 11) is 1.91. The van der Waals surface area contributed by atoms with Crippen LogP contribution in [0.25, 0.3) is 10.2 Å². The summed E-state index contributed by atoms with van der Waals surface area (Å²) in [6, 6.07) is 14.9. The maximum atomic E-state index is 12.4. The summed E-state index contributed by atoms with van der Waals surface area (Å²) >= 11 is 1.51. The average Bonchev–Trinajstić information content (AvgIpc) is 3.46. The fourth-order valence-corrected chi connectivity index (χ4v) is 3.66. The number of benzene rings is 2. The lowest BCUT2D eigenvalue weighted by Crippen LogP contribution is -2.23. The van der Waals surface area contributed by atoms with Gasteiger partial charge in [0.15, 0.2) is 0 Å². The van der Waals surface area contributed by atoms with Crippen LogP contribution < -0.4 is 15.5 Å². The van der Waals surface area contributed by atoms with E-state index in [-0.39, 0.29) is 17.7 Å². The molecule has 132 valence electrons. The lowest BCUT2D eigenvalue weighted by molar-refractivity contribution is -0.117. The number of carbonyl (C=O) groups excluding carboxylic acids is 2. The monoisotopic (exact) mass is 366 g/mol. The zero-order chi connectivity index (χ0) is 18.1. The predicted octanol–water partition coefficient (Wildman–Crippen LogP) is 2.83. The molecule has 26 heavy (non-hydrogen) atoms. The summed E-state index contributed by atoms with van der Waals surface area (Å²) in [6.07, 6.45) is 1.88. The SMILES string of the molecule is Cn1/c(=N/NC(=O)c2cccc(NC(=O)C3CC3)c2)sc2ccccc21. The van der Waals surface area contributed by atoms with Crippen LogP contribution in [-0.2, 0) is 11.8 Å². The summed E-state index contributed by atoms with van der Waals surface area (Å²) in [6.45, 7) is 0. The Balaban J connectivity index is 1.52. The number of thiazole rings is 1. The van der Waals surface area contributed by atoms with Crippen molar-refractivity contribution in [1.29, 1.82) is 0 Å². The molecule has 1 heterocycles. The van der Waals surface area contributed by atoms with E-state index in [0.29, 0.717) is 16.1 Å².